The molecule has 2 unspecified atom stereocenters. The molecule has 0 heterocycles. The van der Waals surface area contributed by atoms with E-state index >= 15 is 0 Å². The van der Waals surface area contributed by atoms with Gasteiger partial charge in [0.25, 0.3) is 0 Å². The summed E-state index contributed by atoms with van der Waals surface area (Å²) in [5.74, 6) is 0. The quantitative estimate of drug-likeness (QED) is 0.431. The first-order valence-electron chi connectivity index (χ1n) is 8.42. The fourth-order valence-corrected chi connectivity index (χ4v) is 2.91. The molecular formula is C19H32O2. The smallest absolute Gasteiger partial charge is 0.113 e. The minimum atomic E-state index is -0.844. The molecule has 0 saturated carbocycles. The van der Waals surface area contributed by atoms with Gasteiger partial charge < -0.3 is 9.84 Å². The van der Waals surface area contributed by atoms with Gasteiger partial charge >= 0.3 is 0 Å². The third-order valence-electron chi connectivity index (χ3n) is 4.26. The van der Waals surface area contributed by atoms with Crippen molar-refractivity contribution < 1.29 is 9.84 Å². The van der Waals surface area contributed by atoms with E-state index in [4.69, 9.17) is 4.74 Å². The van der Waals surface area contributed by atoms with E-state index in [1.165, 1.54) is 44.1 Å². The number of hydrogen-bond acceptors (Lipinski definition) is 2. The lowest BCUT2D eigenvalue weighted by atomic mass is 9.84. The Hall–Kier alpha value is -0.860. The van der Waals surface area contributed by atoms with Crippen molar-refractivity contribution in [3.05, 3.63) is 36.5 Å². The fraction of sp³-hybridized carbons (Fsp3) is 0.684. The van der Waals surface area contributed by atoms with Crippen LogP contribution in [0.3, 0.4) is 0 Å². The summed E-state index contributed by atoms with van der Waals surface area (Å²) in [6, 6.07) is 0. The SMILES string of the molecule is C=CCC1=CC(OC)C(O)(CCCCCCCCC)C=C1. The number of ether oxygens (including phenoxy) is 1. The van der Waals surface area contributed by atoms with Crippen LogP contribution >= 0.6 is 0 Å². The number of allylic oxidation sites excluding steroid dienone is 3. The molecule has 2 nitrogen and oxygen atoms in total. The van der Waals surface area contributed by atoms with Crippen LogP contribution in [0, 0.1) is 0 Å². The van der Waals surface area contributed by atoms with Crippen molar-refractivity contribution in [1.29, 1.82) is 0 Å². The fourth-order valence-electron chi connectivity index (χ4n) is 2.91. The van der Waals surface area contributed by atoms with Crippen LogP contribution in [0.1, 0.15) is 64.7 Å². The van der Waals surface area contributed by atoms with Gasteiger partial charge in [0.2, 0.25) is 0 Å². The van der Waals surface area contributed by atoms with Gasteiger partial charge in [0.1, 0.15) is 11.7 Å². The summed E-state index contributed by atoms with van der Waals surface area (Å²) in [7, 11) is 1.67. The Morgan fingerprint density at radius 1 is 1.24 bits per heavy atom. The van der Waals surface area contributed by atoms with Crippen LogP contribution in [-0.2, 0) is 4.74 Å². The summed E-state index contributed by atoms with van der Waals surface area (Å²) >= 11 is 0. The molecule has 2 atom stereocenters. The normalized spacial score (nSPS) is 24.9. The summed E-state index contributed by atoms with van der Waals surface area (Å²) in [4.78, 5) is 0. The highest BCUT2D eigenvalue weighted by Crippen LogP contribution is 2.30. The minimum absolute atomic E-state index is 0.238. The van der Waals surface area contributed by atoms with Crippen molar-refractivity contribution in [2.45, 2.75) is 76.4 Å². The first-order chi connectivity index (χ1) is 10.2. The Kier molecular flexibility index (Phi) is 8.63. The molecule has 1 aliphatic rings. The number of rotatable bonds is 11. The monoisotopic (exact) mass is 292 g/mol. The van der Waals surface area contributed by atoms with Crippen LogP contribution < -0.4 is 0 Å². The standard InChI is InChI=1S/C19H32O2/c1-4-6-7-8-9-10-11-14-19(20)15-13-17(12-5-2)16-18(19)21-3/h5,13,15-16,18,20H,2,4,6-12,14H2,1,3H3. The van der Waals surface area contributed by atoms with Crippen LogP contribution in [0.2, 0.25) is 0 Å². The summed E-state index contributed by atoms with van der Waals surface area (Å²) < 4.78 is 5.48. The van der Waals surface area contributed by atoms with Gasteiger partial charge in [-0.2, -0.15) is 0 Å². The number of unbranched alkanes of at least 4 members (excludes halogenated alkanes) is 6. The molecule has 0 aliphatic heterocycles. The van der Waals surface area contributed by atoms with E-state index in [0.717, 1.165) is 19.3 Å². The van der Waals surface area contributed by atoms with Crippen LogP contribution in [-0.4, -0.2) is 23.9 Å². The van der Waals surface area contributed by atoms with Gasteiger partial charge in [-0.15, -0.1) is 6.58 Å². The van der Waals surface area contributed by atoms with Crippen molar-refractivity contribution in [1.82, 2.24) is 0 Å². The highest BCUT2D eigenvalue weighted by Gasteiger charge is 2.34. The van der Waals surface area contributed by atoms with Crippen molar-refractivity contribution in [2.75, 3.05) is 7.11 Å². The molecule has 1 aliphatic carbocycles. The number of hydrogen-bond donors (Lipinski definition) is 1. The van der Waals surface area contributed by atoms with Crippen LogP contribution in [0.4, 0.5) is 0 Å². The molecular weight excluding hydrogens is 260 g/mol. The highest BCUT2D eigenvalue weighted by atomic mass is 16.5. The van der Waals surface area contributed by atoms with E-state index < -0.39 is 5.60 Å². The topological polar surface area (TPSA) is 29.5 Å². The molecule has 0 aromatic heterocycles. The summed E-state index contributed by atoms with van der Waals surface area (Å²) in [6.07, 6.45) is 18.0. The molecule has 0 bridgehead atoms. The predicted octanol–water partition coefficient (Wildman–Crippen LogP) is 4.95. The van der Waals surface area contributed by atoms with E-state index in [9.17, 15) is 5.11 Å². The van der Waals surface area contributed by atoms with Gasteiger partial charge in [-0.25, -0.2) is 0 Å². The lowest BCUT2D eigenvalue weighted by Crippen LogP contribution is -2.42. The summed E-state index contributed by atoms with van der Waals surface area (Å²) in [5.41, 5.74) is 0.323. The zero-order valence-electron chi connectivity index (χ0n) is 13.8. The predicted molar refractivity (Wildman–Crippen MR) is 90.4 cm³/mol. The summed E-state index contributed by atoms with van der Waals surface area (Å²) in [5, 5.41) is 10.8. The van der Waals surface area contributed by atoms with Gasteiger partial charge in [-0.3, -0.25) is 0 Å². The highest BCUT2D eigenvalue weighted by molar-refractivity contribution is 5.32. The van der Waals surface area contributed by atoms with Gasteiger partial charge in [0.05, 0.1) is 0 Å². The van der Waals surface area contributed by atoms with Crippen molar-refractivity contribution in [2.24, 2.45) is 0 Å². The molecule has 0 amide bonds. The Morgan fingerprint density at radius 2 is 1.90 bits per heavy atom. The first kappa shape index (κ1) is 18.2. The number of methoxy groups -OCH3 is 1. The van der Waals surface area contributed by atoms with Crippen molar-refractivity contribution >= 4 is 0 Å². The van der Waals surface area contributed by atoms with Gasteiger partial charge in [0, 0.05) is 7.11 Å². The molecule has 2 heteroatoms. The minimum Gasteiger partial charge on any atom is -0.383 e. The Morgan fingerprint density at radius 3 is 2.52 bits per heavy atom. The Labute approximate surface area is 130 Å². The van der Waals surface area contributed by atoms with Crippen LogP contribution in [0.25, 0.3) is 0 Å². The molecule has 0 saturated heterocycles. The van der Waals surface area contributed by atoms with E-state index in [-0.39, 0.29) is 6.10 Å². The average molecular weight is 292 g/mol. The van der Waals surface area contributed by atoms with E-state index in [0.29, 0.717) is 0 Å². The Bertz CT molecular complexity index is 357. The maximum absolute atomic E-state index is 10.8. The molecule has 0 radical (unpaired) electrons. The lowest BCUT2D eigenvalue weighted by molar-refractivity contribution is -0.0449. The number of aliphatic hydroxyl groups is 1. The average Bonchev–Trinajstić information content (AvgIpc) is 2.49. The molecule has 0 aromatic rings. The second-order valence-corrected chi connectivity index (χ2v) is 6.09. The molecule has 1 rings (SSSR count). The maximum atomic E-state index is 10.8. The third kappa shape index (κ3) is 6.19. The molecule has 0 fully saturated rings. The molecule has 1 N–H and O–H groups in total. The zero-order valence-corrected chi connectivity index (χ0v) is 13.8. The lowest BCUT2D eigenvalue weighted by Gasteiger charge is -2.34. The zero-order chi connectivity index (χ0) is 15.6. The van der Waals surface area contributed by atoms with E-state index in [2.05, 4.69) is 13.5 Å². The largest absolute Gasteiger partial charge is 0.383 e. The molecule has 0 aromatic carbocycles. The second-order valence-electron chi connectivity index (χ2n) is 6.09. The molecule has 21 heavy (non-hydrogen) atoms. The third-order valence-corrected chi connectivity index (χ3v) is 4.26. The molecule has 0 spiro atoms. The first-order valence-corrected chi connectivity index (χ1v) is 8.42. The summed E-state index contributed by atoms with van der Waals surface area (Å²) in [6.45, 7) is 6.00. The van der Waals surface area contributed by atoms with E-state index in [1.54, 1.807) is 7.11 Å². The maximum Gasteiger partial charge on any atom is 0.113 e. The Balaban J connectivity index is 2.35. The van der Waals surface area contributed by atoms with E-state index in [1.807, 2.05) is 24.3 Å². The molecule has 120 valence electrons. The van der Waals surface area contributed by atoms with Gasteiger partial charge in [-0.1, -0.05) is 64.0 Å². The van der Waals surface area contributed by atoms with Crippen molar-refractivity contribution in [3.63, 3.8) is 0 Å². The van der Waals surface area contributed by atoms with Crippen molar-refractivity contribution in [3.8, 4) is 0 Å². The van der Waals surface area contributed by atoms with Crippen LogP contribution in [0.5, 0.6) is 0 Å². The van der Waals surface area contributed by atoms with Gasteiger partial charge in [-0.05, 0) is 30.6 Å². The van der Waals surface area contributed by atoms with Crippen LogP contribution in [0.15, 0.2) is 36.5 Å². The second kappa shape index (κ2) is 9.97. The van der Waals surface area contributed by atoms with Gasteiger partial charge in [0.15, 0.2) is 0 Å².